The molecule has 1 heterocycles. The van der Waals surface area contributed by atoms with Crippen LogP contribution in [0.2, 0.25) is 18.1 Å². The van der Waals surface area contributed by atoms with Crippen LogP contribution in [-0.4, -0.2) is 40.2 Å². The number of carbonyl (C=O) groups is 1. The third-order valence-electron chi connectivity index (χ3n) is 7.13. The molecule has 1 aliphatic heterocycles. The molecule has 0 spiro atoms. The highest BCUT2D eigenvalue weighted by atomic mass is 28.4. The van der Waals surface area contributed by atoms with E-state index in [-0.39, 0.29) is 10.5 Å². The quantitative estimate of drug-likeness (QED) is 0.0869. The molecule has 5 heteroatoms. The monoisotopic (exact) mass is 466 g/mol. The molecule has 0 unspecified atom stereocenters. The van der Waals surface area contributed by atoms with Crippen LogP contribution in [0.3, 0.4) is 0 Å². The van der Waals surface area contributed by atoms with Crippen LogP contribution in [0.25, 0.3) is 0 Å². The third-order valence-corrected chi connectivity index (χ3v) is 11.7. The normalized spacial score (nSPS) is 19.4. The SMILES string of the molecule is C/C=C/CCCCCC/C=C(\C=O)C1(CCCO[Si](C)(C)C(C)(C)C)COC(C)(C)OC1. The average Bonchev–Trinajstić information content (AvgIpc) is 2.71. The molecular formula is C27H50O4Si. The predicted molar refractivity (Wildman–Crippen MR) is 137 cm³/mol. The maximum atomic E-state index is 12.1. The van der Waals surface area contributed by atoms with E-state index < -0.39 is 14.1 Å². The van der Waals surface area contributed by atoms with Gasteiger partial charge in [-0.3, -0.25) is 4.79 Å². The topological polar surface area (TPSA) is 44.8 Å². The summed E-state index contributed by atoms with van der Waals surface area (Å²) in [4.78, 5) is 12.1. The van der Waals surface area contributed by atoms with Crippen LogP contribution in [-0.2, 0) is 18.7 Å². The van der Waals surface area contributed by atoms with Crippen LogP contribution in [0.1, 0.15) is 92.9 Å². The van der Waals surface area contributed by atoms with Crippen LogP contribution in [0.4, 0.5) is 0 Å². The van der Waals surface area contributed by atoms with Crippen molar-refractivity contribution >= 4 is 14.6 Å². The Morgan fingerprint density at radius 2 is 1.59 bits per heavy atom. The van der Waals surface area contributed by atoms with Crippen molar-refractivity contribution in [1.29, 1.82) is 0 Å². The average molecular weight is 467 g/mol. The van der Waals surface area contributed by atoms with Crippen molar-refractivity contribution in [2.24, 2.45) is 5.41 Å². The molecular weight excluding hydrogens is 416 g/mol. The Hall–Kier alpha value is -0.753. The number of ether oxygens (including phenoxy) is 2. The van der Waals surface area contributed by atoms with E-state index >= 15 is 0 Å². The van der Waals surface area contributed by atoms with Crippen LogP contribution in [0.5, 0.6) is 0 Å². The van der Waals surface area contributed by atoms with Crippen LogP contribution < -0.4 is 0 Å². The van der Waals surface area contributed by atoms with Crippen molar-refractivity contribution < 1.29 is 18.7 Å². The second-order valence-corrected chi connectivity index (χ2v) is 16.1. The van der Waals surface area contributed by atoms with Gasteiger partial charge >= 0.3 is 0 Å². The van der Waals surface area contributed by atoms with Crippen molar-refractivity contribution in [2.45, 2.75) is 117 Å². The van der Waals surface area contributed by atoms with Gasteiger partial charge in [0.05, 0.1) is 13.2 Å². The lowest BCUT2D eigenvalue weighted by atomic mass is 9.76. The predicted octanol–water partition coefficient (Wildman–Crippen LogP) is 7.60. The summed E-state index contributed by atoms with van der Waals surface area (Å²) in [6, 6.07) is 0. The fraction of sp³-hybridized carbons (Fsp3) is 0.815. The first-order chi connectivity index (χ1) is 14.9. The second kappa shape index (κ2) is 13.2. The van der Waals surface area contributed by atoms with Gasteiger partial charge in [-0.25, -0.2) is 0 Å². The fourth-order valence-corrected chi connectivity index (χ4v) is 4.78. The van der Waals surface area contributed by atoms with E-state index in [2.05, 4.69) is 59.0 Å². The first-order valence-corrected chi connectivity index (χ1v) is 15.5. The summed E-state index contributed by atoms with van der Waals surface area (Å²) >= 11 is 0. The maximum absolute atomic E-state index is 12.1. The Morgan fingerprint density at radius 3 is 2.12 bits per heavy atom. The third kappa shape index (κ3) is 9.62. The highest BCUT2D eigenvalue weighted by molar-refractivity contribution is 6.74. The largest absolute Gasteiger partial charge is 0.417 e. The lowest BCUT2D eigenvalue weighted by Crippen LogP contribution is -2.48. The molecule has 0 saturated carbocycles. The molecule has 1 fully saturated rings. The van der Waals surface area contributed by atoms with Gasteiger partial charge in [0.25, 0.3) is 0 Å². The Kier molecular flexibility index (Phi) is 12.1. The van der Waals surface area contributed by atoms with Gasteiger partial charge in [0.15, 0.2) is 14.1 Å². The molecule has 0 radical (unpaired) electrons. The molecule has 0 N–H and O–H groups in total. The Morgan fingerprint density at radius 1 is 1.00 bits per heavy atom. The molecule has 0 aliphatic carbocycles. The van der Waals surface area contributed by atoms with E-state index in [0.717, 1.165) is 50.6 Å². The Balaban J connectivity index is 2.71. The van der Waals surface area contributed by atoms with Crippen LogP contribution in [0, 0.1) is 5.41 Å². The van der Waals surface area contributed by atoms with Crippen molar-refractivity contribution in [3.05, 3.63) is 23.8 Å². The Labute approximate surface area is 199 Å². The van der Waals surface area contributed by atoms with E-state index in [4.69, 9.17) is 13.9 Å². The Bertz CT molecular complexity index is 604. The van der Waals surface area contributed by atoms with Gasteiger partial charge in [0.2, 0.25) is 0 Å². The van der Waals surface area contributed by atoms with Gasteiger partial charge in [-0.05, 0) is 83.0 Å². The van der Waals surface area contributed by atoms with E-state index in [1.807, 2.05) is 13.8 Å². The van der Waals surface area contributed by atoms with E-state index in [1.54, 1.807) is 0 Å². The molecule has 1 rings (SSSR count). The molecule has 0 aromatic carbocycles. The zero-order valence-electron chi connectivity index (χ0n) is 22.2. The van der Waals surface area contributed by atoms with E-state index in [1.165, 1.54) is 19.3 Å². The molecule has 4 nitrogen and oxygen atoms in total. The smallest absolute Gasteiger partial charge is 0.191 e. The first-order valence-electron chi connectivity index (χ1n) is 12.6. The van der Waals surface area contributed by atoms with Crippen molar-refractivity contribution in [2.75, 3.05) is 19.8 Å². The highest BCUT2D eigenvalue weighted by Gasteiger charge is 2.43. The minimum atomic E-state index is -1.77. The van der Waals surface area contributed by atoms with Gasteiger partial charge < -0.3 is 13.9 Å². The van der Waals surface area contributed by atoms with Crippen LogP contribution in [0.15, 0.2) is 23.8 Å². The molecule has 0 bridgehead atoms. The number of carbonyl (C=O) groups excluding carboxylic acids is 1. The van der Waals surface area contributed by atoms with Crippen molar-refractivity contribution in [3.63, 3.8) is 0 Å². The molecule has 1 aliphatic rings. The fourth-order valence-electron chi connectivity index (χ4n) is 3.69. The second-order valence-electron chi connectivity index (χ2n) is 11.3. The van der Waals surface area contributed by atoms with Gasteiger partial charge in [0.1, 0.15) is 6.29 Å². The molecule has 32 heavy (non-hydrogen) atoms. The molecule has 0 atom stereocenters. The first kappa shape index (κ1) is 29.3. The molecule has 0 aromatic heterocycles. The lowest BCUT2D eigenvalue weighted by molar-refractivity contribution is -0.279. The molecule has 186 valence electrons. The molecule has 0 aromatic rings. The summed E-state index contributed by atoms with van der Waals surface area (Å²) in [7, 11) is -1.77. The maximum Gasteiger partial charge on any atom is 0.191 e. The van der Waals surface area contributed by atoms with Crippen LogP contribution >= 0.6 is 0 Å². The number of allylic oxidation sites excluding steroid dienone is 3. The van der Waals surface area contributed by atoms with E-state index in [0.29, 0.717) is 13.2 Å². The number of hydrogen-bond acceptors (Lipinski definition) is 4. The minimum Gasteiger partial charge on any atom is -0.417 e. The highest BCUT2D eigenvalue weighted by Crippen LogP contribution is 2.40. The van der Waals surface area contributed by atoms with Gasteiger partial charge in [0, 0.05) is 12.0 Å². The lowest BCUT2D eigenvalue weighted by Gasteiger charge is -2.44. The standard InChI is InChI=1S/C27H50O4Si/c1-9-10-11-12-13-14-15-16-18-24(21-28)27(22-29-26(5,6)30-23-27)19-17-20-31-32(7,8)25(2,3)4/h9-10,18,21H,11-17,19-20,22-23H2,1-8H3/b10-9+,24-18+. The van der Waals surface area contributed by atoms with Gasteiger partial charge in [-0.15, -0.1) is 0 Å². The number of unbranched alkanes of at least 4 members (excludes halogenated alkanes) is 5. The van der Waals surface area contributed by atoms with Gasteiger partial charge in [-0.2, -0.15) is 0 Å². The van der Waals surface area contributed by atoms with E-state index in [9.17, 15) is 4.79 Å². The summed E-state index contributed by atoms with van der Waals surface area (Å²) < 4.78 is 18.5. The zero-order valence-corrected chi connectivity index (χ0v) is 23.2. The summed E-state index contributed by atoms with van der Waals surface area (Å²) in [6.07, 6.45) is 16.2. The summed E-state index contributed by atoms with van der Waals surface area (Å²) in [5.74, 6) is -0.595. The molecule has 1 saturated heterocycles. The van der Waals surface area contributed by atoms with Crippen molar-refractivity contribution in [1.82, 2.24) is 0 Å². The summed E-state index contributed by atoms with van der Waals surface area (Å²) in [5.41, 5.74) is 0.467. The number of aldehydes is 1. The number of rotatable bonds is 14. The minimum absolute atomic E-state index is 0.201. The van der Waals surface area contributed by atoms with Crippen molar-refractivity contribution in [3.8, 4) is 0 Å². The summed E-state index contributed by atoms with van der Waals surface area (Å²) in [5, 5.41) is 0.201. The summed E-state index contributed by atoms with van der Waals surface area (Å²) in [6.45, 7) is 19.1. The molecule has 0 amide bonds. The van der Waals surface area contributed by atoms with Gasteiger partial charge in [-0.1, -0.05) is 51.8 Å². The number of hydrogen-bond donors (Lipinski definition) is 0. The zero-order chi connectivity index (χ0) is 24.3.